The molecule has 2 aromatic carbocycles. The van der Waals surface area contributed by atoms with Crippen LogP contribution in [0.3, 0.4) is 0 Å². The van der Waals surface area contributed by atoms with Crippen LogP contribution in [0.1, 0.15) is 50.2 Å². The predicted octanol–water partition coefficient (Wildman–Crippen LogP) is 3.92. The Morgan fingerprint density at radius 1 is 1.00 bits per heavy atom. The molecule has 0 saturated heterocycles. The van der Waals surface area contributed by atoms with Gasteiger partial charge in [0, 0.05) is 31.3 Å². The van der Waals surface area contributed by atoms with Gasteiger partial charge in [0.2, 0.25) is 5.91 Å². The zero-order valence-electron chi connectivity index (χ0n) is 18.5. The highest BCUT2D eigenvalue weighted by Gasteiger charge is 2.29. The van der Waals surface area contributed by atoms with Gasteiger partial charge in [0.25, 0.3) is 0 Å². The van der Waals surface area contributed by atoms with Gasteiger partial charge in [0.1, 0.15) is 6.61 Å². The Kier molecular flexibility index (Phi) is 7.87. The molecule has 32 heavy (non-hydrogen) atoms. The number of alkyl carbamates (subject to hydrolysis) is 1. The SMILES string of the molecule is CC[C@@H](CC(=O)NCC(C)CC(=O)O)NC(=O)OCC1c2ccccc2-c2ccccc21. The van der Waals surface area contributed by atoms with Crippen molar-refractivity contribution < 1.29 is 24.2 Å². The van der Waals surface area contributed by atoms with Crippen LogP contribution in [0.5, 0.6) is 0 Å². The number of nitrogens with one attached hydrogen (secondary N) is 2. The smallest absolute Gasteiger partial charge is 0.407 e. The minimum Gasteiger partial charge on any atom is -0.481 e. The van der Waals surface area contributed by atoms with Crippen LogP contribution >= 0.6 is 0 Å². The van der Waals surface area contributed by atoms with Gasteiger partial charge in [-0.3, -0.25) is 9.59 Å². The zero-order valence-corrected chi connectivity index (χ0v) is 18.5. The van der Waals surface area contributed by atoms with Crippen molar-refractivity contribution in [2.24, 2.45) is 5.92 Å². The first kappa shape index (κ1) is 23.3. The van der Waals surface area contributed by atoms with E-state index in [9.17, 15) is 14.4 Å². The number of hydrogen-bond donors (Lipinski definition) is 3. The molecular formula is C25H30N2O5. The molecule has 2 aromatic rings. The van der Waals surface area contributed by atoms with Gasteiger partial charge in [-0.05, 0) is 34.6 Å². The van der Waals surface area contributed by atoms with E-state index in [0.29, 0.717) is 6.42 Å². The van der Waals surface area contributed by atoms with E-state index in [-0.39, 0.29) is 49.8 Å². The number of fused-ring (bicyclic) bond motifs is 3. The Bertz CT molecular complexity index is 929. The van der Waals surface area contributed by atoms with Gasteiger partial charge in [-0.15, -0.1) is 0 Å². The van der Waals surface area contributed by atoms with Crippen molar-refractivity contribution >= 4 is 18.0 Å². The molecule has 0 spiro atoms. The summed E-state index contributed by atoms with van der Waals surface area (Å²) in [6.07, 6.45) is 0.129. The van der Waals surface area contributed by atoms with Gasteiger partial charge in [0.15, 0.2) is 0 Å². The summed E-state index contributed by atoms with van der Waals surface area (Å²) in [6.45, 7) is 4.15. The number of ether oxygens (including phenoxy) is 1. The fourth-order valence-corrected chi connectivity index (χ4v) is 4.06. The molecule has 1 aliphatic carbocycles. The standard InChI is InChI=1S/C25H30N2O5/c1-3-17(13-23(28)26-14-16(2)12-24(29)30)27-25(31)32-15-22-20-10-6-4-8-18(20)19-9-5-7-11-21(19)22/h4-11,16-17,22H,3,12-15H2,1-2H3,(H,26,28)(H,27,31)(H,29,30)/t16?,17-/m0/s1. The number of benzene rings is 2. The number of hydrogen-bond acceptors (Lipinski definition) is 4. The van der Waals surface area contributed by atoms with Gasteiger partial charge in [0.05, 0.1) is 0 Å². The van der Waals surface area contributed by atoms with Crippen LogP contribution in [0.2, 0.25) is 0 Å². The van der Waals surface area contributed by atoms with E-state index < -0.39 is 12.1 Å². The lowest BCUT2D eigenvalue weighted by Gasteiger charge is -2.19. The third-order valence-electron chi connectivity index (χ3n) is 5.76. The van der Waals surface area contributed by atoms with Crippen molar-refractivity contribution in [3.8, 4) is 11.1 Å². The summed E-state index contributed by atoms with van der Waals surface area (Å²) in [7, 11) is 0. The number of amides is 2. The Morgan fingerprint density at radius 2 is 1.59 bits per heavy atom. The molecule has 0 heterocycles. The second-order valence-corrected chi connectivity index (χ2v) is 8.29. The zero-order chi connectivity index (χ0) is 23.1. The maximum Gasteiger partial charge on any atom is 0.407 e. The molecule has 0 fully saturated rings. The van der Waals surface area contributed by atoms with Crippen LogP contribution in [0.4, 0.5) is 4.79 Å². The topological polar surface area (TPSA) is 105 Å². The number of carbonyl (C=O) groups excluding carboxylic acids is 2. The number of carboxylic acids is 1. The van der Waals surface area contributed by atoms with E-state index in [0.717, 1.165) is 22.3 Å². The van der Waals surface area contributed by atoms with Crippen molar-refractivity contribution in [3.05, 3.63) is 59.7 Å². The molecule has 7 nitrogen and oxygen atoms in total. The summed E-state index contributed by atoms with van der Waals surface area (Å²) in [5.74, 6) is -1.30. The highest BCUT2D eigenvalue weighted by Crippen LogP contribution is 2.44. The number of carboxylic acid groups (broad SMARTS) is 1. The van der Waals surface area contributed by atoms with Gasteiger partial charge in [-0.2, -0.15) is 0 Å². The lowest BCUT2D eigenvalue weighted by molar-refractivity contribution is -0.138. The first-order valence-electron chi connectivity index (χ1n) is 11.0. The molecule has 2 amide bonds. The molecule has 0 aliphatic heterocycles. The highest BCUT2D eigenvalue weighted by molar-refractivity contribution is 5.79. The largest absolute Gasteiger partial charge is 0.481 e. The minimum absolute atomic E-state index is 0.00448. The fourth-order valence-electron chi connectivity index (χ4n) is 4.06. The maximum atomic E-state index is 12.4. The summed E-state index contributed by atoms with van der Waals surface area (Å²) in [5, 5.41) is 14.3. The quantitative estimate of drug-likeness (QED) is 0.521. The predicted molar refractivity (Wildman–Crippen MR) is 121 cm³/mol. The lowest BCUT2D eigenvalue weighted by atomic mass is 9.98. The van der Waals surface area contributed by atoms with Gasteiger partial charge >= 0.3 is 12.1 Å². The van der Waals surface area contributed by atoms with E-state index in [4.69, 9.17) is 9.84 Å². The number of rotatable bonds is 10. The van der Waals surface area contributed by atoms with Crippen LogP contribution in [0.25, 0.3) is 11.1 Å². The lowest BCUT2D eigenvalue weighted by Crippen LogP contribution is -2.40. The summed E-state index contributed by atoms with van der Waals surface area (Å²) in [6, 6.07) is 15.9. The molecule has 170 valence electrons. The molecular weight excluding hydrogens is 408 g/mol. The van der Waals surface area contributed by atoms with Crippen LogP contribution in [-0.2, 0) is 14.3 Å². The van der Waals surface area contributed by atoms with E-state index in [1.54, 1.807) is 6.92 Å². The summed E-state index contributed by atoms with van der Waals surface area (Å²) in [5.41, 5.74) is 4.61. The normalized spacial score (nSPS) is 14.1. The second kappa shape index (κ2) is 10.8. The highest BCUT2D eigenvalue weighted by atomic mass is 16.5. The average Bonchev–Trinajstić information content (AvgIpc) is 3.09. The number of aliphatic carboxylic acids is 1. The van der Waals surface area contributed by atoms with Crippen molar-refractivity contribution in [2.45, 2.75) is 45.1 Å². The van der Waals surface area contributed by atoms with Gasteiger partial charge in [-0.1, -0.05) is 62.4 Å². The third-order valence-corrected chi connectivity index (χ3v) is 5.76. The first-order valence-corrected chi connectivity index (χ1v) is 11.0. The van der Waals surface area contributed by atoms with E-state index in [2.05, 4.69) is 34.9 Å². The van der Waals surface area contributed by atoms with Crippen LogP contribution in [-0.4, -0.2) is 42.3 Å². The molecule has 1 unspecified atom stereocenters. The van der Waals surface area contributed by atoms with Gasteiger partial charge < -0.3 is 20.5 Å². The Balaban J connectivity index is 1.51. The average molecular weight is 439 g/mol. The Morgan fingerprint density at radius 3 is 2.16 bits per heavy atom. The van der Waals surface area contributed by atoms with E-state index in [1.165, 1.54) is 0 Å². The van der Waals surface area contributed by atoms with Crippen molar-refractivity contribution in [2.75, 3.05) is 13.2 Å². The first-order chi connectivity index (χ1) is 15.4. The molecule has 0 bridgehead atoms. The Labute approximate surface area is 188 Å². The molecule has 3 rings (SSSR count). The maximum absolute atomic E-state index is 12.4. The van der Waals surface area contributed by atoms with Crippen LogP contribution < -0.4 is 10.6 Å². The monoisotopic (exact) mass is 438 g/mol. The minimum atomic E-state index is -0.893. The summed E-state index contributed by atoms with van der Waals surface area (Å²) in [4.78, 5) is 35.3. The summed E-state index contributed by atoms with van der Waals surface area (Å²) >= 11 is 0. The Hall–Kier alpha value is -3.35. The molecule has 3 N–H and O–H groups in total. The molecule has 2 atom stereocenters. The molecule has 1 aliphatic rings. The van der Waals surface area contributed by atoms with Gasteiger partial charge in [-0.25, -0.2) is 4.79 Å². The molecule has 0 saturated carbocycles. The van der Waals surface area contributed by atoms with Crippen molar-refractivity contribution in [1.82, 2.24) is 10.6 Å². The molecule has 7 heteroatoms. The third kappa shape index (κ3) is 5.87. The van der Waals surface area contributed by atoms with E-state index >= 15 is 0 Å². The fraction of sp³-hybridized carbons (Fsp3) is 0.400. The van der Waals surface area contributed by atoms with Crippen molar-refractivity contribution in [3.63, 3.8) is 0 Å². The van der Waals surface area contributed by atoms with Crippen molar-refractivity contribution in [1.29, 1.82) is 0 Å². The van der Waals surface area contributed by atoms with Crippen LogP contribution in [0.15, 0.2) is 48.5 Å². The van der Waals surface area contributed by atoms with Crippen LogP contribution in [0, 0.1) is 5.92 Å². The summed E-state index contributed by atoms with van der Waals surface area (Å²) < 4.78 is 5.55. The number of carbonyl (C=O) groups is 3. The molecule has 0 aromatic heterocycles. The second-order valence-electron chi connectivity index (χ2n) is 8.29. The molecule has 0 radical (unpaired) electrons. The van der Waals surface area contributed by atoms with E-state index in [1.807, 2.05) is 31.2 Å².